The molecule has 0 aliphatic rings. The lowest BCUT2D eigenvalue weighted by molar-refractivity contribution is 0.150. The lowest BCUT2D eigenvalue weighted by atomic mass is 10.1. The molecule has 0 radical (unpaired) electrons. The highest BCUT2D eigenvalue weighted by atomic mass is 19.3. The van der Waals surface area contributed by atoms with E-state index in [2.05, 4.69) is 10.3 Å². The molecule has 0 bridgehead atoms. The number of aryl methyl sites for hydroxylation is 1. The highest BCUT2D eigenvalue weighted by Gasteiger charge is 2.18. The van der Waals surface area contributed by atoms with E-state index in [1.54, 1.807) is 36.0 Å². The normalized spacial score (nSPS) is 12.1. The third-order valence-electron chi connectivity index (χ3n) is 5.53. The number of hydrogen-bond acceptors (Lipinski definition) is 4. The van der Waals surface area contributed by atoms with E-state index >= 15 is 0 Å². The van der Waals surface area contributed by atoms with E-state index in [1.807, 2.05) is 13.1 Å². The number of alkyl halides is 2. The molecule has 0 spiro atoms. The Morgan fingerprint density at radius 3 is 2.38 bits per heavy atom. The summed E-state index contributed by atoms with van der Waals surface area (Å²) in [6.07, 6.45) is 1.85. The van der Waals surface area contributed by atoms with Gasteiger partial charge in [-0.05, 0) is 49.7 Å². The van der Waals surface area contributed by atoms with Gasteiger partial charge >= 0.3 is 0 Å². The maximum Gasteiger partial charge on any atom is 0.274 e. The average molecular weight is 468 g/mol. The standard InChI is InChI=1S/C25H23F3N4O2/c1-15-12-31(14-29-15)22-9-8-20(11-23(22)34-3)30-21-10-18(24(27)28)13-32(25(21)33)16(2)17-4-6-19(26)7-5-17/h4-14,16,24,30H,1-3H3. The molecule has 0 saturated heterocycles. The van der Waals surface area contributed by atoms with Crippen molar-refractivity contribution in [2.75, 3.05) is 12.4 Å². The second-order valence-corrected chi connectivity index (χ2v) is 7.86. The summed E-state index contributed by atoms with van der Waals surface area (Å²) in [7, 11) is 1.52. The smallest absolute Gasteiger partial charge is 0.274 e. The molecule has 4 aromatic rings. The van der Waals surface area contributed by atoms with Gasteiger partial charge in [-0.2, -0.15) is 0 Å². The van der Waals surface area contributed by atoms with Crippen molar-refractivity contribution in [2.24, 2.45) is 0 Å². The van der Waals surface area contributed by atoms with Crippen LogP contribution in [0.5, 0.6) is 5.75 Å². The first-order chi connectivity index (χ1) is 16.3. The molecular weight excluding hydrogens is 445 g/mol. The number of methoxy groups -OCH3 is 1. The van der Waals surface area contributed by atoms with Gasteiger partial charge in [0.2, 0.25) is 0 Å². The summed E-state index contributed by atoms with van der Waals surface area (Å²) in [6.45, 7) is 3.56. The third kappa shape index (κ3) is 4.68. The fraction of sp³-hybridized carbons (Fsp3) is 0.200. The van der Waals surface area contributed by atoms with Crippen LogP contribution in [0, 0.1) is 12.7 Å². The van der Waals surface area contributed by atoms with Crippen LogP contribution in [0.25, 0.3) is 5.69 Å². The van der Waals surface area contributed by atoms with E-state index in [-0.39, 0.29) is 11.3 Å². The first kappa shape index (κ1) is 23.2. The molecule has 1 N–H and O–H groups in total. The van der Waals surface area contributed by atoms with Crippen LogP contribution < -0.4 is 15.6 Å². The second kappa shape index (κ2) is 9.46. The molecule has 176 valence electrons. The van der Waals surface area contributed by atoms with Gasteiger partial charge in [0, 0.05) is 29.7 Å². The predicted molar refractivity (Wildman–Crippen MR) is 124 cm³/mol. The number of pyridine rings is 1. The van der Waals surface area contributed by atoms with Crippen molar-refractivity contribution in [2.45, 2.75) is 26.3 Å². The van der Waals surface area contributed by atoms with E-state index in [4.69, 9.17) is 4.74 Å². The minimum atomic E-state index is -2.78. The number of nitrogens with one attached hydrogen (secondary N) is 1. The molecule has 0 aliphatic heterocycles. The lowest BCUT2D eigenvalue weighted by Crippen LogP contribution is -2.26. The Hall–Kier alpha value is -4.01. The van der Waals surface area contributed by atoms with Gasteiger partial charge in [-0.3, -0.25) is 4.79 Å². The summed E-state index contributed by atoms with van der Waals surface area (Å²) in [6, 6.07) is 11.3. The number of anilines is 2. The van der Waals surface area contributed by atoms with Gasteiger partial charge in [0.25, 0.3) is 12.0 Å². The molecule has 0 fully saturated rings. The average Bonchev–Trinajstić information content (AvgIpc) is 3.26. The number of aromatic nitrogens is 3. The highest BCUT2D eigenvalue weighted by molar-refractivity contribution is 5.65. The second-order valence-electron chi connectivity index (χ2n) is 7.86. The fourth-order valence-corrected chi connectivity index (χ4v) is 3.70. The van der Waals surface area contributed by atoms with Crippen LogP contribution in [0.1, 0.15) is 36.2 Å². The van der Waals surface area contributed by atoms with Crippen molar-refractivity contribution in [3.63, 3.8) is 0 Å². The Bertz CT molecular complexity index is 1360. The number of imidazole rings is 1. The molecule has 6 nitrogen and oxygen atoms in total. The third-order valence-corrected chi connectivity index (χ3v) is 5.53. The first-order valence-corrected chi connectivity index (χ1v) is 10.5. The van der Waals surface area contributed by atoms with Gasteiger partial charge in [-0.15, -0.1) is 0 Å². The molecule has 0 aliphatic carbocycles. The summed E-state index contributed by atoms with van der Waals surface area (Å²) < 4.78 is 49.1. The Morgan fingerprint density at radius 1 is 1.03 bits per heavy atom. The number of rotatable bonds is 7. The largest absolute Gasteiger partial charge is 0.494 e. The number of ether oxygens (including phenoxy) is 1. The van der Waals surface area contributed by atoms with Crippen LogP contribution in [-0.2, 0) is 0 Å². The van der Waals surface area contributed by atoms with Gasteiger partial charge in [0.15, 0.2) is 0 Å². The zero-order chi connectivity index (χ0) is 24.4. The van der Waals surface area contributed by atoms with E-state index in [0.29, 0.717) is 17.0 Å². The molecular formula is C25H23F3N4O2. The first-order valence-electron chi connectivity index (χ1n) is 10.5. The maximum absolute atomic E-state index is 13.7. The van der Waals surface area contributed by atoms with E-state index < -0.39 is 23.8 Å². The van der Waals surface area contributed by atoms with Gasteiger partial charge in [-0.1, -0.05) is 12.1 Å². The maximum atomic E-state index is 13.7. The van der Waals surface area contributed by atoms with Crippen LogP contribution in [0.4, 0.5) is 24.5 Å². The Kier molecular flexibility index (Phi) is 6.45. The summed E-state index contributed by atoms with van der Waals surface area (Å²) in [4.78, 5) is 17.4. The molecule has 1 atom stereocenters. The summed E-state index contributed by atoms with van der Waals surface area (Å²) in [5.74, 6) is 0.0858. The molecule has 2 heterocycles. The molecule has 1 unspecified atom stereocenters. The van der Waals surface area contributed by atoms with Crippen molar-refractivity contribution in [3.05, 3.63) is 100 Å². The monoisotopic (exact) mass is 468 g/mol. The van der Waals surface area contributed by atoms with Gasteiger partial charge < -0.3 is 19.2 Å². The molecule has 34 heavy (non-hydrogen) atoms. The van der Waals surface area contributed by atoms with E-state index in [9.17, 15) is 18.0 Å². The summed E-state index contributed by atoms with van der Waals surface area (Å²) in [5, 5.41) is 2.95. The molecule has 2 aromatic carbocycles. The number of hydrogen-bond donors (Lipinski definition) is 1. The van der Waals surface area contributed by atoms with Crippen LogP contribution >= 0.6 is 0 Å². The highest BCUT2D eigenvalue weighted by Crippen LogP contribution is 2.29. The minimum absolute atomic E-state index is 0.0139. The zero-order valence-corrected chi connectivity index (χ0v) is 18.8. The van der Waals surface area contributed by atoms with Crippen molar-refractivity contribution < 1.29 is 17.9 Å². The summed E-state index contributed by atoms with van der Waals surface area (Å²) in [5.41, 5.74) is 1.86. The molecule has 0 saturated carbocycles. The van der Waals surface area contributed by atoms with Crippen molar-refractivity contribution in [1.82, 2.24) is 14.1 Å². The topological polar surface area (TPSA) is 61.1 Å². The van der Waals surface area contributed by atoms with Crippen LogP contribution in [-0.4, -0.2) is 21.2 Å². The minimum Gasteiger partial charge on any atom is -0.494 e. The fourth-order valence-electron chi connectivity index (χ4n) is 3.70. The van der Waals surface area contributed by atoms with Gasteiger partial charge in [0.05, 0.1) is 30.9 Å². The quantitative estimate of drug-likeness (QED) is 0.374. The van der Waals surface area contributed by atoms with Crippen LogP contribution in [0.3, 0.4) is 0 Å². The van der Waals surface area contributed by atoms with Crippen molar-refractivity contribution >= 4 is 11.4 Å². The molecule has 0 amide bonds. The number of benzene rings is 2. The van der Waals surface area contributed by atoms with Crippen molar-refractivity contribution in [3.8, 4) is 11.4 Å². The van der Waals surface area contributed by atoms with Crippen LogP contribution in [0.15, 0.2) is 72.0 Å². The molecule has 2 aromatic heterocycles. The zero-order valence-electron chi connectivity index (χ0n) is 18.8. The Labute approximate surface area is 194 Å². The Morgan fingerprint density at radius 2 is 1.76 bits per heavy atom. The Balaban J connectivity index is 1.73. The van der Waals surface area contributed by atoms with Gasteiger partial charge in [0.1, 0.15) is 17.3 Å². The van der Waals surface area contributed by atoms with Crippen molar-refractivity contribution in [1.29, 1.82) is 0 Å². The van der Waals surface area contributed by atoms with E-state index in [1.165, 1.54) is 35.9 Å². The van der Waals surface area contributed by atoms with Crippen LogP contribution in [0.2, 0.25) is 0 Å². The number of halogens is 3. The molecule has 9 heteroatoms. The van der Waals surface area contributed by atoms with E-state index in [0.717, 1.165) is 23.6 Å². The molecule has 4 rings (SSSR count). The lowest BCUT2D eigenvalue weighted by Gasteiger charge is -2.19. The number of nitrogens with zero attached hydrogens (tertiary/aromatic N) is 3. The SMILES string of the molecule is COc1cc(Nc2cc(C(F)F)cn(C(C)c3ccc(F)cc3)c2=O)ccc1-n1cnc(C)c1. The summed E-state index contributed by atoms with van der Waals surface area (Å²) >= 11 is 0. The predicted octanol–water partition coefficient (Wildman–Crippen LogP) is 5.78. The van der Waals surface area contributed by atoms with Gasteiger partial charge in [-0.25, -0.2) is 18.2 Å².